The number of methoxy groups -OCH3 is 1. The second-order valence-electron chi connectivity index (χ2n) is 2.16. The number of dihydropyridines is 1. The molecule has 0 aromatic heterocycles. The predicted molar refractivity (Wildman–Crippen MR) is 39.7 cm³/mol. The van der Waals surface area contributed by atoms with Crippen molar-refractivity contribution in [3.05, 3.63) is 11.8 Å². The molecule has 1 atom stereocenters. The van der Waals surface area contributed by atoms with Crippen molar-refractivity contribution in [3.63, 3.8) is 0 Å². The summed E-state index contributed by atoms with van der Waals surface area (Å²) in [6.07, 6.45) is 2.58. The van der Waals surface area contributed by atoms with E-state index in [1.54, 1.807) is 0 Å². The molecule has 1 N–H and O–H groups in total. The van der Waals surface area contributed by atoms with E-state index in [9.17, 15) is 9.59 Å². The smallest absolute Gasteiger partial charge is 0.323 e. The maximum absolute atomic E-state index is 10.9. The average Bonchev–Trinajstić information content (AvgIpc) is 2.03. The minimum Gasteiger partial charge on any atom is -0.500 e. The fourth-order valence-electron chi connectivity index (χ4n) is 0.890. The Balaban J connectivity index is 2.96. The van der Waals surface area contributed by atoms with Crippen molar-refractivity contribution >= 4 is 18.1 Å². The van der Waals surface area contributed by atoms with Crippen LogP contribution in [-0.2, 0) is 14.3 Å². The van der Waals surface area contributed by atoms with Crippen LogP contribution in [0.15, 0.2) is 16.8 Å². The molecular weight excluding hydrogens is 162 g/mol. The number of carbonyl (C=O) groups is 2. The predicted octanol–water partition coefficient (Wildman–Crippen LogP) is -0.172. The van der Waals surface area contributed by atoms with Crippen LogP contribution in [0.3, 0.4) is 0 Å². The van der Waals surface area contributed by atoms with E-state index in [0.717, 1.165) is 0 Å². The zero-order chi connectivity index (χ0) is 9.14. The van der Waals surface area contributed by atoms with Crippen LogP contribution < -0.4 is 0 Å². The van der Waals surface area contributed by atoms with Gasteiger partial charge in [0.05, 0.1) is 7.11 Å². The van der Waals surface area contributed by atoms with Crippen LogP contribution >= 0.6 is 0 Å². The lowest BCUT2D eigenvalue weighted by Crippen LogP contribution is -2.27. The largest absolute Gasteiger partial charge is 0.500 e. The molecule has 1 heterocycles. The first-order chi connectivity index (χ1) is 5.66. The highest BCUT2D eigenvalue weighted by Crippen LogP contribution is 2.16. The first-order valence-corrected chi connectivity index (χ1v) is 3.21. The molecule has 1 aliphatic rings. The zero-order valence-corrected chi connectivity index (χ0v) is 6.35. The van der Waals surface area contributed by atoms with Crippen LogP contribution in [0.5, 0.6) is 0 Å². The summed E-state index contributed by atoms with van der Waals surface area (Å²) in [7, 11) is 1.31. The summed E-state index contributed by atoms with van der Waals surface area (Å²) in [4.78, 5) is 24.8. The third-order valence-electron chi connectivity index (χ3n) is 1.45. The standard InChI is InChI=1S/C7H7NO4/c1-12-4-2-3-8-6(9)5(4)7(10)11/h2-3,5H,1H3,(H,10,11). The number of ether oxygens (including phenoxy) is 1. The van der Waals surface area contributed by atoms with E-state index >= 15 is 0 Å². The lowest BCUT2D eigenvalue weighted by molar-refractivity contribution is -0.145. The van der Waals surface area contributed by atoms with Gasteiger partial charge in [-0.25, -0.2) is 4.99 Å². The Labute approximate surface area is 68.4 Å². The number of aliphatic carboxylic acids is 1. The van der Waals surface area contributed by atoms with Gasteiger partial charge in [0.1, 0.15) is 5.76 Å². The van der Waals surface area contributed by atoms with Crippen molar-refractivity contribution in [3.8, 4) is 0 Å². The molecule has 0 bridgehead atoms. The molecule has 1 rings (SSSR count). The van der Waals surface area contributed by atoms with Gasteiger partial charge < -0.3 is 9.84 Å². The van der Waals surface area contributed by atoms with Crippen LogP contribution in [0.25, 0.3) is 0 Å². The molecular formula is C7H7NO4. The van der Waals surface area contributed by atoms with E-state index in [1.165, 1.54) is 19.4 Å². The fourth-order valence-corrected chi connectivity index (χ4v) is 0.890. The molecule has 0 saturated carbocycles. The number of hydrogen-bond donors (Lipinski definition) is 1. The number of carbonyl (C=O) groups excluding carboxylic acids is 1. The fraction of sp³-hybridized carbons (Fsp3) is 0.286. The van der Waals surface area contributed by atoms with Crippen LogP contribution in [0, 0.1) is 5.92 Å². The first kappa shape index (κ1) is 8.45. The molecule has 0 spiro atoms. The second-order valence-corrected chi connectivity index (χ2v) is 2.16. The summed E-state index contributed by atoms with van der Waals surface area (Å²) in [6, 6.07) is 0. The molecule has 0 aliphatic carbocycles. The van der Waals surface area contributed by atoms with Crippen LogP contribution in [0.2, 0.25) is 0 Å². The van der Waals surface area contributed by atoms with Gasteiger partial charge in [-0.05, 0) is 6.08 Å². The van der Waals surface area contributed by atoms with E-state index in [0.29, 0.717) is 0 Å². The monoisotopic (exact) mass is 169 g/mol. The quantitative estimate of drug-likeness (QED) is 0.582. The molecule has 64 valence electrons. The van der Waals surface area contributed by atoms with Gasteiger partial charge in [-0.2, -0.15) is 0 Å². The van der Waals surface area contributed by atoms with Gasteiger partial charge in [0.25, 0.3) is 5.91 Å². The molecule has 5 nitrogen and oxygen atoms in total. The lowest BCUT2D eigenvalue weighted by Gasteiger charge is -2.13. The van der Waals surface area contributed by atoms with E-state index in [2.05, 4.69) is 4.99 Å². The average molecular weight is 169 g/mol. The number of carboxylic acids is 1. The number of allylic oxidation sites excluding steroid dienone is 1. The molecule has 0 radical (unpaired) electrons. The Morgan fingerprint density at radius 1 is 1.75 bits per heavy atom. The van der Waals surface area contributed by atoms with E-state index in [1.807, 2.05) is 0 Å². The van der Waals surface area contributed by atoms with Gasteiger partial charge in [-0.1, -0.05) is 0 Å². The zero-order valence-electron chi connectivity index (χ0n) is 6.35. The molecule has 1 amide bonds. The summed E-state index contributed by atoms with van der Waals surface area (Å²) >= 11 is 0. The van der Waals surface area contributed by atoms with Crippen molar-refractivity contribution in [1.29, 1.82) is 0 Å². The molecule has 0 saturated heterocycles. The molecule has 12 heavy (non-hydrogen) atoms. The van der Waals surface area contributed by atoms with Crippen molar-refractivity contribution in [1.82, 2.24) is 0 Å². The van der Waals surface area contributed by atoms with Gasteiger partial charge in [-0.3, -0.25) is 9.59 Å². The number of hydrogen-bond acceptors (Lipinski definition) is 3. The topological polar surface area (TPSA) is 76.0 Å². The van der Waals surface area contributed by atoms with Crippen LogP contribution in [0.4, 0.5) is 0 Å². The molecule has 1 aliphatic heterocycles. The lowest BCUT2D eigenvalue weighted by atomic mass is 10.1. The third-order valence-corrected chi connectivity index (χ3v) is 1.45. The second kappa shape index (κ2) is 3.17. The van der Waals surface area contributed by atoms with Crippen LogP contribution in [-0.4, -0.2) is 30.3 Å². The maximum Gasteiger partial charge on any atom is 0.323 e. The van der Waals surface area contributed by atoms with Gasteiger partial charge >= 0.3 is 5.97 Å². The SMILES string of the molecule is COC1=CC=NC(=O)C1C(=O)O. The van der Waals surface area contributed by atoms with Gasteiger partial charge in [-0.15, -0.1) is 0 Å². The van der Waals surface area contributed by atoms with Gasteiger partial charge in [0.2, 0.25) is 0 Å². The minimum atomic E-state index is -1.28. The molecule has 0 fully saturated rings. The molecule has 0 aromatic carbocycles. The highest BCUT2D eigenvalue weighted by Gasteiger charge is 2.32. The van der Waals surface area contributed by atoms with Crippen LogP contribution in [0.1, 0.15) is 0 Å². The Bertz CT molecular complexity index is 279. The molecule has 1 unspecified atom stereocenters. The van der Waals surface area contributed by atoms with Crippen molar-refractivity contribution in [2.75, 3.05) is 7.11 Å². The van der Waals surface area contributed by atoms with E-state index in [4.69, 9.17) is 9.84 Å². The Morgan fingerprint density at radius 2 is 2.42 bits per heavy atom. The number of amides is 1. The number of carboxylic acid groups (broad SMARTS) is 1. The number of rotatable bonds is 2. The Kier molecular flexibility index (Phi) is 2.23. The normalized spacial score (nSPS) is 21.9. The van der Waals surface area contributed by atoms with E-state index in [-0.39, 0.29) is 5.76 Å². The highest BCUT2D eigenvalue weighted by atomic mass is 16.5. The number of nitrogens with zero attached hydrogens (tertiary/aromatic N) is 1. The third kappa shape index (κ3) is 1.34. The van der Waals surface area contributed by atoms with Crippen molar-refractivity contribution in [2.24, 2.45) is 10.9 Å². The molecule has 5 heteroatoms. The van der Waals surface area contributed by atoms with Crippen molar-refractivity contribution < 1.29 is 19.4 Å². The summed E-state index contributed by atoms with van der Waals surface area (Å²) in [5.41, 5.74) is 0. The summed E-state index contributed by atoms with van der Waals surface area (Å²) in [5.74, 6) is -3.12. The maximum atomic E-state index is 10.9. The minimum absolute atomic E-state index is 0.113. The van der Waals surface area contributed by atoms with E-state index < -0.39 is 17.8 Å². The Hall–Kier alpha value is -1.65. The summed E-state index contributed by atoms with van der Waals surface area (Å²) < 4.78 is 4.70. The van der Waals surface area contributed by atoms with Crippen molar-refractivity contribution in [2.45, 2.75) is 0 Å². The van der Waals surface area contributed by atoms with Gasteiger partial charge in [0.15, 0.2) is 5.92 Å². The van der Waals surface area contributed by atoms with Gasteiger partial charge in [0, 0.05) is 6.21 Å². The Morgan fingerprint density at radius 3 is 2.83 bits per heavy atom. The summed E-state index contributed by atoms with van der Waals surface area (Å²) in [5, 5.41) is 8.59. The number of aliphatic imine (C=N–C) groups is 1. The first-order valence-electron chi connectivity index (χ1n) is 3.21. The highest BCUT2D eigenvalue weighted by molar-refractivity contribution is 6.06. The molecule has 0 aromatic rings. The summed E-state index contributed by atoms with van der Waals surface area (Å²) in [6.45, 7) is 0.